The SMILES string of the molecule is O=S1(=O)NC(=NCCCl)c2c(Cl)cccc21. The van der Waals surface area contributed by atoms with Crippen LogP contribution >= 0.6 is 23.2 Å². The molecule has 1 heterocycles. The van der Waals surface area contributed by atoms with Crippen LogP contribution in [0.15, 0.2) is 28.1 Å². The third-order valence-electron chi connectivity index (χ3n) is 2.09. The van der Waals surface area contributed by atoms with Crippen molar-refractivity contribution in [1.29, 1.82) is 0 Å². The number of alkyl halides is 1. The molecule has 86 valence electrons. The quantitative estimate of drug-likeness (QED) is 0.836. The van der Waals surface area contributed by atoms with E-state index in [1.165, 1.54) is 6.07 Å². The molecule has 0 saturated carbocycles. The number of nitrogens with zero attached hydrogens (tertiary/aromatic N) is 1. The summed E-state index contributed by atoms with van der Waals surface area (Å²) in [4.78, 5) is 4.21. The fourth-order valence-corrected chi connectivity index (χ4v) is 3.13. The highest BCUT2D eigenvalue weighted by molar-refractivity contribution is 7.90. The van der Waals surface area contributed by atoms with Gasteiger partial charge >= 0.3 is 0 Å². The van der Waals surface area contributed by atoms with Gasteiger partial charge < -0.3 is 0 Å². The predicted molar refractivity (Wildman–Crippen MR) is 63.9 cm³/mol. The van der Waals surface area contributed by atoms with E-state index in [1.54, 1.807) is 12.1 Å². The van der Waals surface area contributed by atoms with Crippen molar-refractivity contribution in [3.8, 4) is 0 Å². The summed E-state index contributed by atoms with van der Waals surface area (Å²) >= 11 is 11.5. The molecule has 1 aromatic rings. The molecule has 0 fully saturated rings. The number of sulfonamides is 1. The topological polar surface area (TPSA) is 58.5 Å². The molecule has 0 amide bonds. The van der Waals surface area contributed by atoms with E-state index in [-0.39, 0.29) is 10.7 Å². The Labute approximate surface area is 103 Å². The molecule has 0 aromatic heterocycles. The maximum atomic E-state index is 11.7. The van der Waals surface area contributed by atoms with Crippen LogP contribution in [0.5, 0.6) is 0 Å². The Morgan fingerprint density at radius 2 is 2.12 bits per heavy atom. The van der Waals surface area contributed by atoms with Crippen LogP contribution in [0, 0.1) is 0 Å². The number of fused-ring (bicyclic) bond motifs is 1. The van der Waals surface area contributed by atoms with Crippen LogP contribution in [0.25, 0.3) is 0 Å². The van der Waals surface area contributed by atoms with Gasteiger partial charge in [0.05, 0.1) is 22.0 Å². The van der Waals surface area contributed by atoms with Crippen LogP contribution in [0.4, 0.5) is 0 Å². The van der Waals surface area contributed by atoms with Gasteiger partial charge in [0, 0.05) is 5.88 Å². The molecule has 7 heteroatoms. The molecule has 1 N–H and O–H groups in total. The monoisotopic (exact) mass is 278 g/mol. The van der Waals surface area contributed by atoms with Crippen molar-refractivity contribution >= 4 is 39.1 Å². The van der Waals surface area contributed by atoms with Crippen molar-refractivity contribution in [1.82, 2.24) is 4.72 Å². The highest BCUT2D eigenvalue weighted by Gasteiger charge is 2.32. The van der Waals surface area contributed by atoms with Crippen LogP contribution in [-0.4, -0.2) is 26.7 Å². The Hall–Kier alpha value is -0.780. The van der Waals surface area contributed by atoms with E-state index in [4.69, 9.17) is 23.2 Å². The maximum absolute atomic E-state index is 11.7. The van der Waals surface area contributed by atoms with E-state index in [2.05, 4.69) is 9.71 Å². The minimum atomic E-state index is -3.52. The number of aliphatic imine (C=N–C) groups is 1. The number of rotatable bonds is 2. The average Bonchev–Trinajstić information content (AvgIpc) is 2.49. The summed E-state index contributed by atoms with van der Waals surface area (Å²) < 4.78 is 25.7. The Bertz CT molecular complexity index is 555. The van der Waals surface area contributed by atoms with Gasteiger partial charge in [-0.2, -0.15) is 0 Å². The molecule has 4 nitrogen and oxygen atoms in total. The van der Waals surface area contributed by atoms with Gasteiger partial charge in [0.15, 0.2) is 0 Å². The smallest absolute Gasteiger partial charge is 0.263 e. The average molecular weight is 279 g/mol. The highest BCUT2D eigenvalue weighted by atomic mass is 35.5. The van der Waals surface area contributed by atoms with E-state index >= 15 is 0 Å². The summed E-state index contributed by atoms with van der Waals surface area (Å²) in [6.07, 6.45) is 0. The Morgan fingerprint density at radius 3 is 2.81 bits per heavy atom. The number of hydrogen-bond acceptors (Lipinski definition) is 3. The molecule has 0 spiro atoms. The number of benzene rings is 1. The third-order valence-corrected chi connectivity index (χ3v) is 3.95. The van der Waals surface area contributed by atoms with Crippen LogP contribution < -0.4 is 4.72 Å². The predicted octanol–water partition coefficient (Wildman–Crippen LogP) is 1.62. The molecule has 2 rings (SSSR count). The first kappa shape index (κ1) is 11.7. The zero-order chi connectivity index (χ0) is 11.8. The molecule has 0 aliphatic carbocycles. The first-order valence-electron chi connectivity index (χ1n) is 4.48. The van der Waals surface area contributed by atoms with Gasteiger partial charge in [-0.3, -0.25) is 9.71 Å². The molecule has 0 saturated heterocycles. The third kappa shape index (κ3) is 1.90. The molecule has 16 heavy (non-hydrogen) atoms. The molecule has 0 atom stereocenters. The Balaban J connectivity index is 2.61. The lowest BCUT2D eigenvalue weighted by Crippen LogP contribution is -2.22. The fraction of sp³-hybridized carbons (Fsp3) is 0.222. The van der Waals surface area contributed by atoms with Gasteiger partial charge in [-0.15, -0.1) is 11.6 Å². The molecule has 0 bridgehead atoms. The van der Waals surface area contributed by atoms with E-state index in [9.17, 15) is 8.42 Å². The van der Waals surface area contributed by atoms with Crippen molar-refractivity contribution < 1.29 is 8.42 Å². The van der Waals surface area contributed by atoms with E-state index in [1.807, 2.05) is 0 Å². The van der Waals surface area contributed by atoms with Crippen LogP contribution in [0.1, 0.15) is 5.56 Å². The van der Waals surface area contributed by atoms with Crippen molar-refractivity contribution in [2.75, 3.05) is 12.4 Å². The van der Waals surface area contributed by atoms with E-state index in [0.29, 0.717) is 23.0 Å². The molecule has 0 unspecified atom stereocenters. The van der Waals surface area contributed by atoms with Gasteiger partial charge in [-0.1, -0.05) is 17.7 Å². The minimum Gasteiger partial charge on any atom is -0.266 e. The lowest BCUT2D eigenvalue weighted by Gasteiger charge is -1.99. The first-order chi connectivity index (χ1) is 7.56. The van der Waals surface area contributed by atoms with Gasteiger partial charge in [-0.05, 0) is 12.1 Å². The van der Waals surface area contributed by atoms with Gasteiger partial charge in [-0.25, -0.2) is 8.42 Å². The molecular formula is C9H8Cl2N2O2S. The minimum absolute atomic E-state index is 0.160. The summed E-state index contributed by atoms with van der Waals surface area (Å²) in [5, 5.41) is 0.361. The van der Waals surface area contributed by atoms with Crippen molar-refractivity contribution in [3.05, 3.63) is 28.8 Å². The normalized spacial score (nSPS) is 19.5. The second-order valence-corrected chi connectivity index (χ2v) is 5.57. The van der Waals surface area contributed by atoms with Crippen molar-refractivity contribution in [2.45, 2.75) is 4.90 Å². The molecule has 1 aliphatic heterocycles. The highest BCUT2D eigenvalue weighted by Crippen LogP contribution is 2.28. The van der Waals surface area contributed by atoms with E-state index < -0.39 is 10.0 Å². The molecule has 1 aliphatic rings. The molecule has 0 radical (unpaired) electrons. The number of halogens is 2. The molecular weight excluding hydrogens is 271 g/mol. The lowest BCUT2D eigenvalue weighted by atomic mass is 10.2. The number of hydrogen-bond donors (Lipinski definition) is 1. The summed E-state index contributed by atoms with van der Waals surface area (Å²) in [7, 11) is -3.52. The van der Waals surface area contributed by atoms with Crippen LogP contribution in [0.2, 0.25) is 5.02 Å². The van der Waals surface area contributed by atoms with E-state index in [0.717, 1.165) is 0 Å². The number of nitrogens with one attached hydrogen (secondary N) is 1. The van der Waals surface area contributed by atoms with Gasteiger partial charge in [0.2, 0.25) is 0 Å². The Morgan fingerprint density at radius 1 is 1.38 bits per heavy atom. The zero-order valence-electron chi connectivity index (χ0n) is 8.07. The van der Waals surface area contributed by atoms with Crippen molar-refractivity contribution in [2.24, 2.45) is 4.99 Å². The summed E-state index contributed by atoms with van der Waals surface area (Å²) in [5.74, 6) is 0.589. The second kappa shape index (κ2) is 4.24. The second-order valence-electron chi connectivity index (χ2n) is 3.14. The molecule has 1 aromatic carbocycles. The lowest BCUT2D eigenvalue weighted by molar-refractivity contribution is 0.595. The largest absolute Gasteiger partial charge is 0.266 e. The summed E-state index contributed by atoms with van der Waals surface area (Å²) in [6.45, 7) is 0.337. The standard InChI is InChI=1S/C9H8Cl2N2O2S/c10-4-5-12-9-8-6(11)2-1-3-7(8)16(14,15)13-9/h1-3H,4-5H2,(H,12,13). The van der Waals surface area contributed by atoms with Crippen molar-refractivity contribution in [3.63, 3.8) is 0 Å². The number of amidine groups is 1. The van der Waals surface area contributed by atoms with Gasteiger partial charge in [0.25, 0.3) is 10.0 Å². The fourth-order valence-electron chi connectivity index (χ4n) is 1.46. The zero-order valence-corrected chi connectivity index (χ0v) is 10.4. The Kier molecular flexibility index (Phi) is 3.10. The summed E-state index contributed by atoms with van der Waals surface area (Å²) in [6, 6.07) is 4.71. The van der Waals surface area contributed by atoms with Crippen LogP contribution in [0.3, 0.4) is 0 Å². The van der Waals surface area contributed by atoms with Gasteiger partial charge in [0.1, 0.15) is 5.84 Å². The van der Waals surface area contributed by atoms with Crippen LogP contribution in [-0.2, 0) is 10.0 Å². The summed E-state index contributed by atoms with van der Waals surface area (Å²) in [5.41, 5.74) is 0.425. The maximum Gasteiger partial charge on any atom is 0.263 e. The first-order valence-corrected chi connectivity index (χ1v) is 6.88.